The molecule has 3 rings (SSSR count). The molecule has 1 aliphatic carbocycles. The van der Waals surface area contributed by atoms with E-state index in [9.17, 15) is 4.79 Å². The normalized spacial score (nSPS) is 15.8. The van der Waals surface area contributed by atoms with Gasteiger partial charge in [0.1, 0.15) is 0 Å². The Kier molecular flexibility index (Phi) is 3.68. The van der Waals surface area contributed by atoms with Crippen LogP contribution in [0, 0.1) is 0 Å². The van der Waals surface area contributed by atoms with Gasteiger partial charge in [-0.15, -0.1) is 5.10 Å². The van der Waals surface area contributed by atoms with Crippen LogP contribution in [0.15, 0.2) is 35.5 Å². The number of hydrogen-bond donors (Lipinski definition) is 1. The lowest BCUT2D eigenvalue weighted by molar-refractivity contribution is -0.120. The summed E-state index contributed by atoms with van der Waals surface area (Å²) < 4.78 is 1.64. The number of carbonyl (C=O) groups is 1. The Bertz CT molecular complexity index is 596. The number of aromatic nitrogens is 4. The van der Waals surface area contributed by atoms with E-state index in [2.05, 4.69) is 20.8 Å². The Labute approximate surface area is 120 Å². The predicted molar refractivity (Wildman–Crippen MR) is 75.6 cm³/mol. The third kappa shape index (κ3) is 2.98. The van der Waals surface area contributed by atoms with Crippen LogP contribution in [0.2, 0.25) is 0 Å². The minimum Gasteiger partial charge on any atom is -0.352 e. The highest BCUT2D eigenvalue weighted by Crippen LogP contribution is 2.24. The van der Waals surface area contributed by atoms with Crippen molar-refractivity contribution in [1.29, 1.82) is 0 Å². The van der Waals surface area contributed by atoms with Crippen LogP contribution in [0.1, 0.15) is 19.8 Å². The quantitative estimate of drug-likeness (QED) is 0.843. The van der Waals surface area contributed by atoms with Crippen molar-refractivity contribution in [3.63, 3.8) is 0 Å². The summed E-state index contributed by atoms with van der Waals surface area (Å²) in [5.41, 5.74) is 0.884. The van der Waals surface area contributed by atoms with Gasteiger partial charge in [-0.05, 0) is 42.3 Å². The third-order valence-corrected chi connectivity index (χ3v) is 4.05. The first-order valence-corrected chi connectivity index (χ1v) is 7.43. The number of thioether (sulfide) groups is 1. The zero-order chi connectivity index (χ0) is 13.9. The molecule has 7 heteroatoms. The Hall–Kier alpha value is -1.89. The highest BCUT2D eigenvalue weighted by Gasteiger charge is 2.27. The first kappa shape index (κ1) is 13.1. The van der Waals surface area contributed by atoms with Crippen molar-refractivity contribution in [2.24, 2.45) is 0 Å². The zero-order valence-corrected chi connectivity index (χ0v) is 11.9. The average molecular weight is 289 g/mol. The number of rotatable bonds is 5. The summed E-state index contributed by atoms with van der Waals surface area (Å²) in [5, 5.41) is 15.1. The molecule has 1 N–H and O–H groups in total. The molecule has 104 valence electrons. The molecule has 20 heavy (non-hydrogen) atoms. The number of tetrazole rings is 1. The molecular formula is C13H15N5OS. The van der Waals surface area contributed by atoms with Gasteiger partial charge in [0.25, 0.3) is 0 Å². The van der Waals surface area contributed by atoms with Crippen molar-refractivity contribution in [2.45, 2.75) is 36.2 Å². The average Bonchev–Trinajstić information content (AvgIpc) is 3.16. The molecule has 1 saturated carbocycles. The van der Waals surface area contributed by atoms with Crippen molar-refractivity contribution < 1.29 is 4.79 Å². The van der Waals surface area contributed by atoms with Crippen LogP contribution in [0.4, 0.5) is 0 Å². The highest BCUT2D eigenvalue weighted by molar-refractivity contribution is 8.00. The van der Waals surface area contributed by atoms with Gasteiger partial charge in [-0.2, -0.15) is 4.68 Å². The molecule has 1 aliphatic rings. The lowest BCUT2D eigenvalue weighted by Gasteiger charge is -2.10. The fraction of sp³-hybridized carbons (Fsp3) is 0.385. The van der Waals surface area contributed by atoms with Crippen LogP contribution in [0.3, 0.4) is 0 Å². The van der Waals surface area contributed by atoms with E-state index in [0.29, 0.717) is 11.2 Å². The molecule has 0 aliphatic heterocycles. The Morgan fingerprint density at radius 3 is 2.85 bits per heavy atom. The van der Waals surface area contributed by atoms with E-state index >= 15 is 0 Å². The maximum Gasteiger partial charge on any atom is 0.233 e. The van der Waals surface area contributed by atoms with Gasteiger partial charge in [0, 0.05) is 6.04 Å². The van der Waals surface area contributed by atoms with E-state index < -0.39 is 0 Å². The third-order valence-electron chi connectivity index (χ3n) is 3.02. The second-order valence-corrected chi connectivity index (χ2v) is 6.06. The van der Waals surface area contributed by atoms with Crippen molar-refractivity contribution in [3.05, 3.63) is 30.3 Å². The number of hydrogen-bond acceptors (Lipinski definition) is 5. The van der Waals surface area contributed by atoms with Crippen LogP contribution < -0.4 is 5.32 Å². The van der Waals surface area contributed by atoms with E-state index in [4.69, 9.17) is 0 Å². The minimum absolute atomic E-state index is 0.0418. The summed E-state index contributed by atoms with van der Waals surface area (Å²) >= 11 is 1.36. The molecule has 0 saturated heterocycles. The fourth-order valence-electron chi connectivity index (χ4n) is 1.74. The van der Waals surface area contributed by atoms with Gasteiger partial charge in [0.2, 0.25) is 11.1 Å². The second kappa shape index (κ2) is 5.62. The minimum atomic E-state index is -0.218. The fourth-order valence-corrected chi connectivity index (χ4v) is 2.56. The van der Waals surface area contributed by atoms with Crippen LogP contribution in [0.5, 0.6) is 0 Å². The standard InChI is InChI=1S/C13H15N5OS/c1-9(12(19)14-10-7-8-10)20-13-15-16-17-18(13)11-5-3-2-4-6-11/h2-6,9-10H,7-8H2,1H3,(H,14,19)/t9-/m1/s1. The summed E-state index contributed by atoms with van der Waals surface area (Å²) in [5.74, 6) is 0.0418. The van der Waals surface area contributed by atoms with E-state index in [1.165, 1.54) is 11.8 Å². The van der Waals surface area contributed by atoms with E-state index in [1.807, 2.05) is 37.3 Å². The van der Waals surface area contributed by atoms with Gasteiger partial charge in [0.05, 0.1) is 10.9 Å². The zero-order valence-electron chi connectivity index (χ0n) is 11.1. The smallest absolute Gasteiger partial charge is 0.233 e. The number of nitrogens with zero attached hydrogens (tertiary/aromatic N) is 4. The van der Waals surface area contributed by atoms with Gasteiger partial charge in [-0.25, -0.2) is 0 Å². The number of benzene rings is 1. The maximum absolute atomic E-state index is 12.0. The first-order valence-electron chi connectivity index (χ1n) is 6.55. The van der Waals surface area contributed by atoms with Gasteiger partial charge < -0.3 is 5.32 Å². The molecule has 1 aromatic carbocycles. The second-order valence-electron chi connectivity index (χ2n) is 4.75. The van der Waals surface area contributed by atoms with E-state index in [0.717, 1.165) is 18.5 Å². The number of nitrogens with one attached hydrogen (secondary N) is 1. The number of amides is 1. The summed E-state index contributed by atoms with van der Waals surface area (Å²) in [7, 11) is 0. The van der Waals surface area contributed by atoms with E-state index in [-0.39, 0.29) is 11.2 Å². The molecule has 1 amide bonds. The van der Waals surface area contributed by atoms with Crippen molar-refractivity contribution in [1.82, 2.24) is 25.5 Å². The number of para-hydroxylation sites is 1. The van der Waals surface area contributed by atoms with Gasteiger partial charge >= 0.3 is 0 Å². The molecule has 6 nitrogen and oxygen atoms in total. The first-order chi connectivity index (χ1) is 9.74. The van der Waals surface area contributed by atoms with Crippen LogP contribution >= 0.6 is 11.8 Å². The summed E-state index contributed by atoms with van der Waals surface area (Å²) in [6.45, 7) is 1.87. The van der Waals surface area contributed by atoms with Crippen LogP contribution in [0.25, 0.3) is 5.69 Å². The molecule has 2 aromatic rings. The van der Waals surface area contributed by atoms with E-state index in [1.54, 1.807) is 4.68 Å². The molecule has 0 radical (unpaired) electrons. The molecule has 1 heterocycles. The highest BCUT2D eigenvalue weighted by atomic mass is 32.2. The van der Waals surface area contributed by atoms with Gasteiger partial charge in [-0.1, -0.05) is 30.0 Å². The summed E-state index contributed by atoms with van der Waals surface area (Å²) in [4.78, 5) is 12.0. The SMILES string of the molecule is C[C@@H](Sc1nnnn1-c1ccccc1)C(=O)NC1CC1. The molecule has 1 aromatic heterocycles. The summed E-state index contributed by atoms with van der Waals surface area (Å²) in [6, 6.07) is 10.0. The molecular weight excluding hydrogens is 274 g/mol. The summed E-state index contributed by atoms with van der Waals surface area (Å²) in [6.07, 6.45) is 2.18. The van der Waals surface area contributed by atoms with Crippen LogP contribution in [-0.4, -0.2) is 37.4 Å². The molecule has 0 spiro atoms. The monoisotopic (exact) mass is 289 g/mol. The number of carbonyl (C=O) groups excluding carboxylic acids is 1. The van der Waals surface area contributed by atoms with Crippen molar-refractivity contribution >= 4 is 17.7 Å². The van der Waals surface area contributed by atoms with Crippen molar-refractivity contribution in [3.8, 4) is 5.69 Å². The molecule has 1 atom stereocenters. The largest absolute Gasteiger partial charge is 0.352 e. The van der Waals surface area contributed by atoms with Crippen molar-refractivity contribution in [2.75, 3.05) is 0 Å². The topological polar surface area (TPSA) is 72.7 Å². The maximum atomic E-state index is 12.0. The molecule has 1 fully saturated rings. The Morgan fingerprint density at radius 1 is 1.40 bits per heavy atom. The lowest BCUT2D eigenvalue weighted by atomic mass is 10.3. The lowest BCUT2D eigenvalue weighted by Crippen LogP contribution is -2.32. The molecule has 0 bridgehead atoms. The van der Waals surface area contributed by atoms with Crippen LogP contribution in [-0.2, 0) is 4.79 Å². The predicted octanol–water partition coefficient (Wildman–Crippen LogP) is 1.42. The Balaban J connectivity index is 1.71. The molecule has 0 unspecified atom stereocenters. The Morgan fingerprint density at radius 2 is 2.15 bits per heavy atom. The van der Waals surface area contributed by atoms with Gasteiger partial charge in [-0.3, -0.25) is 4.79 Å². The van der Waals surface area contributed by atoms with Gasteiger partial charge in [0.15, 0.2) is 0 Å².